The molecule has 1 heterocycles. The number of nitriles is 1. The second kappa shape index (κ2) is 5.05. The second-order valence-electron chi connectivity index (χ2n) is 0.588. The van der Waals surface area contributed by atoms with Gasteiger partial charge in [-0.05, 0) is 11.5 Å². The summed E-state index contributed by atoms with van der Waals surface area (Å²) in [4.78, 5) is 0. The fraction of sp³-hybridized carbons (Fsp3) is 0. The highest BCUT2D eigenvalue weighted by Gasteiger charge is 1.61. The number of aromatic nitrogens is 2. The minimum absolute atomic E-state index is 1.35. The van der Waals surface area contributed by atoms with Gasteiger partial charge in [0.25, 0.3) is 0 Å². The van der Waals surface area contributed by atoms with E-state index in [1.807, 2.05) is 5.38 Å². The molecule has 0 radical (unpaired) electrons. The zero-order valence-corrected chi connectivity index (χ0v) is 4.30. The van der Waals surface area contributed by atoms with Crippen LogP contribution in [0.3, 0.4) is 0 Å². The molecule has 0 saturated carbocycles. The van der Waals surface area contributed by atoms with E-state index in [-0.39, 0.29) is 0 Å². The van der Waals surface area contributed by atoms with Crippen LogP contribution in [0, 0.1) is 11.8 Å². The Morgan fingerprint density at radius 1 is 1.57 bits per heavy atom. The summed E-state index contributed by atoms with van der Waals surface area (Å²) >= 11 is 1.35. The number of nitrogens with zero attached hydrogens (tertiary/aromatic N) is 3. The summed E-state index contributed by atoms with van der Waals surface area (Å²) in [5.74, 6) is 0. The Balaban J connectivity index is 0.000000162. The van der Waals surface area contributed by atoms with E-state index in [1.54, 1.807) is 6.20 Å². The molecule has 0 aliphatic carbocycles. The summed E-state index contributed by atoms with van der Waals surface area (Å²) in [6, 6.07) is 0. The van der Waals surface area contributed by atoms with E-state index >= 15 is 0 Å². The van der Waals surface area contributed by atoms with Crippen molar-refractivity contribution in [2.75, 3.05) is 0 Å². The predicted octanol–water partition coefficient (Wildman–Crippen LogP) is 0.678. The lowest BCUT2D eigenvalue weighted by atomic mass is 11.1. The van der Waals surface area contributed by atoms with Gasteiger partial charge in [0.15, 0.2) is 0 Å². The molecule has 0 spiro atoms. The van der Waals surface area contributed by atoms with Crippen LogP contribution in [0.5, 0.6) is 0 Å². The lowest BCUT2D eigenvalue weighted by molar-refractivity contribution is 1.16. The third-order valence-electron chi connectivity index (χ3n) is 0.283. The summed E-state index contributed by atoms with van der Waals surface area (Å²) in [6.07, 6.45) is 1.66. The van der Waals surface area contributed by atoms with Crippen molar-refractivity contribution in [1.82, 2.24) is 9.59 Å². The van der Waals surface area contributed by atoms with E-state index in [0.717, 1.165) is 0 Å². The summed E-state index contributed by atoms with van der Waals surface area (Å²) in [5.41, 5.74) is 0. The normalized spacial score (nSPS) is 6.00. The maximum absolute atomic E-state index is 6.50. The van der Waals surface area contributed by atoms with Crippen molar-refractivity contribution in [3.05, 3.63) is 11.6 Å². The minimum atomic E-state index is 1.35. The lowest BCUT2D eigenvalue weighted by Gasteiger charge is -1.40. The van der Waals surface area contributed by atoms with Gasteiger partial charge in [-0.15, -0.1) is 5.10 Å². The van der Waals surface area contributed by atoms with Crippen molar-refractivity contribution in [2.45, 2.75) is 0 Å². The largest absolute Gasteiger partial charge is 0.202 e. The molecular formula is C3H3N3S. The van der Waals surface area contributed by atoms with Crippen molar-refractivity contribution in [3.8, 4) is 6.57 Å². The van der Waals surface area contributed by atoms with Crippen LogP contribution in [-0.4, -0.2) is 9.59 Å². The molecule has 4 heteroatoms. The Morgan fingerprint density at radius 3 is 2.43 bits per heavy atom. The van der Waals surface area contributed by atoms with Crippen LogP contribution in [-0.2, 0) is 0 Å². The second-order valence-corrected chi connectivity index (χ2v) is 1.23. The summed E-state index contributed by atoms with van der Waals surface area (Å²) < 4.78 is 3.51. The number of rotatable bonds is 0. The smallest absolute Gasteiger partial charge is 0.0620 e. The minimum Gasteiger partial charge on any atom is -0.202 e. The molecule has 0 aromatic carbocycles. The molecule has 36 valence electrons. The molecule has 0 bridgehead atoms. The third kappa shape index (κ3) is 2.86. The van der Waals surface area contributed by atoms with Gasteiger partial charge in [-0.2, -0.15) is 0 Å². The van der Waals surface area contributed by atoms with E-state index < -0.39 is 0 Å². The van der Waals surface area contributed by atoms with Crippen LogP contribution < -0.4 is 0 Å². The zero-order valence-electron chi connectivity index (χ0n) is 3.48. The Morgan fingerprint density at radius 2 is 2.29 bits per heavy atom. The summed E-state index contributed by atoms with van der Waals surface area (Å²) in [7, 11) is 0. The average molecular weight is 113 g/mol. The zero-order chi connectivity index (χ0) is 5.54. The highest BCUT2D eigenvalue weighted by atomic mass is 32.1. The van der Waals surface area contributed by atoms with E-state index in [9.17, 15) is 0 Å². The number of hydrogen-bond donors (Lipinski definition) is 0. The standard InChI is InChI=1S/C2H2N2S.CHN/c1-2-5-4-3-1;1-2/h1-2H;1H. The topological polar surface area (TPSA) is 49.6 Å². The third-order valence-corrected chi connectivity index (χ3v) is 0.715. The Hall–Kier alpha value is -0.950. The van der Waals surface area contributed by atoms with Crippen molar-refractivity contribution in [1.29, 1.82) is 5.26 Å². The molecule has 3 nitrogen and oxygen atoms in total. The molecule has 1 aromatic rings. The molecule has 0 atom stereocenters. The molecule has 0 saturated heterocycles. The maximum atomic E-state index is 6.50. The first kappa shape index (κ1) is 6.05. The summed E-state index contributed by atoms with van der Waals surface area (Å²) in [5, 5.41) is 11.8. The molecule has 0 aliphatic rings. The molecule has 1 aromatic heterocycles. The van der Waals surface area contributed by atoms with Crippen molar-refractivity contribution < 1.29 is 0 Å². The number of hydrogen-bond acceptors (Lipinski definition) is 4. The van der Waals surface area contributed by atoms with Gasteiger partial charge in [0.05, 0.1) is 6.20 Å². The molecule has 0 unspecified atom stereocenters. The molecule has 0 amide bonds. The van der Waals surface area contributed by atoms with Crippen LogP contribution in [0.25, 0.3) is 0 Å². The van der Waals surface area contributed by atoms with Crippen molar-refractivity contribution in [2.24, 2.45) is 0 Å². The first-order valence-electron chi connectivity index (χ1n) is 1.47. The molecule has 0 N–H and O–H groups in total. The van der Waals surface area contributed by atoms with Crippen LogP contribution in [0.2, 0.25) is 0 Å². The molecular weight excluding hydrogens is 110 g/mol. The highest BCUT2D eigenvalue weighted by molar-refractivity contribution is 7.03. The van der Waals surface area contributed by atoms with Crippen molar-refractivity contribution >= 4 is 11.5 Å². The van der Waals surface area contributed by atoms with Gasteiger partial charge in [0.2, 0.25) is 0 Å². The Bertz CT molecular complexity index is 93.8. The highest BCUT2D eigenvalue weighted by Crippen LogP contribution is 1.78. The monoisotopic (exact) mass is 113 g/mol. The first-order chi connectivity index (χ1) is 3.50. The fourth-order valence-electron chi connectivity index (χ4n) is 0.136. The SMILES string of the molecule is C#N.c1csnn1. The fourth-order valence-corrected chi connectivity index (χ4v) is 0.408. The molecule has 0 fully saturated rings. The van der Waals surface area contributed by atoms with E-state index in [2.05, 4.69) is 16.2 Å². The van der Waals surface area contributed by atoms with Gasteiger partial charge in [-0.3, -0.25) is 0 Å². The van der Waals surface area contributed by atoms with Gasteiger partial charge < -0.3 is 0 Å². The summed E-state index contributed by atoms with van der Waals surface area (Å²) in [6.45, 7) is 3.50. The molecule has 1 rings (SSSR count). The van der Waals surface area contributed by atoms with Gasteiger partial charge >= 0.3 is 0 Å². The van der Waals surface area contributed by atoms with Crippen LogP contribution in [0.15, 0.2) is 11.6 Å². The predicted molar refractivity (Wildman–Crippen MR) is 26.6 cm³/mol. The Labute approximate surface area is 45.4 Å². The first-order valence-corrected chi connectivity index (χ1v) is 2.30. The van der Waals surface area contributed by atoms with E-state index in [4.69, 9.17) is 5.26 Å². The van der Waals surface area contributed by atoms with Gasteiger partial charge in [-0.25, -0.2) is 5.26 Å². The van der Waals surface area contributed by atoms with E-state index in [1.165, 1.54) is 11.5 Å². The van der Waals surface area contributed by atoms with E-state index in [0.29, 0.717) is 0 Å². The van der Waals surface area contributed by atoms with Crippen molar-refractivity contribution in [3.63, 3.8) is 0 Å². The van der Waals surface area contributed by atoms with Gasteiger partial charge in [-0.1, -0.05) is 4.49 Å². The van der Waals surface area contributed by atoms with Crippen LogP contribution in [0.1, 0.15) is 0 Å². The van der Waals surface area contributed by atoms with Crippen LogP contribution >= 0.6 is 11.5 Å². The molecule has 7 heavy (non-hydrogen) atoms. The van der Waals surface area contributed by atoms with Gasteiger partial charge in [0.1, 0.15) is 0 Å². The van der Waals surface area contributed by atoms with Gasteiger partial charge in [0, 0.05) is 12.0 Å². The average Bonchev–Trinajstić information content (AvgIpc) is 2.23. The quantitative estimate of drug-likeness (QED) is 0.497. The van der Waals surface area contributed by atoms with Crippen LogP contribution in [0.4, 0.5) is 0 Å². The maximum Gasteiger partial charge on any atom is 0.0620 e. The lowest BCUT2D eigenvalue weighted by Crippen LogP contribution is -1.51. The Kier molecular flexibility index (Phi) is 4.36. The molecule has 0 aliphatic heterocycles.